The van der Waals surface area contributed by atoms with Crippen LogP contribution in [0, 0.1) is 0 Å². The number of carboxylic acids is 1. The molecule has 150 valence electrons. The van der Waals surface area contributed by atoms with Crippen molar-refractivity contribution in [2.45, 2.75) is 18.6 Å². The highest BCUT2D eigenvalue weighted by molar-refractivity contribution is 7.13. The van der Waals surface area contributed by atoms with Gasteiger partial charge in [0, 0.05) is 10.9 Å². The lowest BCUT2D eigenvalue weighted by atomic mass is 10.1. The van der Waals surface area contributed by atoms with E-state index in [-0.39, 0.29) is 6.42 Å². The highest BCUT2D eigenvalue weighted by atomic mass is 32.1. The van der Waals surface area contributed by atoms with Gasteiger partial charge in [0.1, 0.15) is 5.01 Å². The van der Waals surface area contributed by atoms with Gasteiger partial charge in [0.15, 0.2) is 6.04 Å². The number of amides is 1. The summed E-state index contributed by atoms with van der Waals surface area (Å²) in [5.41, 5.74) is 0.286. The number of halogens is 3. The number of thiazole rings is 1. The molecule has 5 nitrogen and oxygen atoms in total. The lowest BCUT2D eigenvalue weighted by Gasteiger charge is -2.14. The number of carbonyl (C=O) groups is 2. The number of nitrogens with zero attached hydrogens (tertiary/aromatic N) is 1. The van der Waals surface area contributed by atoms with Crippen LogP contribution in [0.25, 0.3) is 10.6 Å². The molecule has 29 heavy (non-hydrogen) atoms. The molecule has 2 N–H and O–H groups in total. The summed E-state index contributed by atoms with van der Waals surface area (Å²) in [6.07, 6.45) is -4.65. The molecule has 1 amide bonds. The van der Waals surface area contributed by atoms with E-state index in [1.165, 1.54) is 12.1 Å². The number of hydrogen-bond donors (Lipinski definition) is 2. The Morgan fingerprint density at radius 3 is 2.48 bits per heavy atom. The monoisotopic (exact) mass is 420 g/mol. The predicted octanol–water partition coefficient (Wildman–Crippen LogP) is 4.31. The number of nitrogens with one attached hydrogen (secondary N) is 1. The second kappa shape index (κ2) is 8.44. The number of alkyl halides is 3. The van der Waals surface area contributed by atoms with Crippen molar-refractivity contribution in [1.29, 1.82) is 0 Å². The van der Waals surface area contributed by atoms with Crippen LogP contribution in [0.15, 0.2) is 60.0 Å². The molecule has 3 aromatic rings. The maximum Gasteiger partial charge on any atom is 0.416 e. The van der Waals surface area contributed by atoms with E-state index >= 15 is 0 Å². The van der Waals surface area contributed by atoms with Crippen LogP contribution in [0.1, 0.15) is 22.9 Å². The topological polar surface area (TPSA) is 79.3 Å². The Labute approximate surface area is 167 Å². The highest BCUT2D eigenvalue weighted by Gasteiger charge is 2.30. The second-order valence-corrected chi connectivity index (χ2v) is 7.01. The number of hydrogen-bond acceptors (Lipinski definition) is 4. The molecule has 0 radical (unpaired) electrons. The number of aliphatic carboxylic acids is 1. The molecule has 9 heteroatoms. The van der Waals surface area contributed by atoms with Crippen molar-refractivity contribution in [2.24, 2.45) is 0 Å². The molecule has 0 saturated heterocycles. The van der Waals surface area contributed by atoms with Crippen LogP contribution >= 0.6 is 11.3 Å². The maximum atomic E-state index is 12.9. The lowest BCUT2D eigenvalue weighted by Crippen LogP contribution is -2.34. The Bertz CT molecular complexity index is 1020. The van der Waals surface area contributed by atoms with Crippen molar-refractivity contribution in [3.8, 4) is 10.6 Å². The average molecular weight is 420 g/mol. The summed E-state index contributed by atoms with van der Waals surface area (Å²) in [7, 11) is 0. The molecule has 0 spiro atoms. The molecule has 0 unspecified atom stereocenters. The second-order valence-electron chi connectivity index (χ2n) is 6.15. The predicted molar refractivity (Wildman–Crippen MR) is 101 cm³/mol. The fourth-order valence-corrected chi connectivity index (χ4v) is 3.48. The van der Waals surface area contributed by atoms with Gasteiger partial charge in [0.05, 0.1) is 17.7 Å². The van der Waals surface area contributed by atoms with Crippen molar-refractivity contribution < 1.29 is 27.9 Å². The average Bonchev–Trinajstić information content (AvgIpc) is 3.14. The summed E-state index contributed by atoms with van der Waals surface area (Å²) >= 11 is 1.11. The third-order valence-electron chi connectivity index (χ3n) is 4.02. The Hall–Kier alpha value is -3.20. The van der Waals surface area contributed by atoms with Crippen LogP contribution < -0.4 is 5.32 Å². The van der Waals surface area contributed by atoms with Gasteiger partial charge in [0.25, 0.3) is 0 Å². The Morgan fingerprint density at radius 2 is 1.83 bits per heavy atom. The van der Waals surface area contributed by atoms with Crippen molar-refractivity contribution in [3.63, 3.8) is 0 Å². The van der Waals surface area contributed by atoms with Gasteiger partial charge in [-0.2, -0.15) is 13.2 Å². The minimum absolute atomic E-state index is 0.188. The van der Waals surface area contributed by atoms with E-state index in [0.717, 1.165) is 23.5 Å². The third-order valence-corrected chi connectivity index (χ3v) is 4.96. The van der Waals surface area contributed by atoms with E-state index in [2.05, 4.69) is 10.3 Å². The first-order valence-corrected chi connectivity index (χ1v) is 9.31. The molecule has 0 aliphatic rings. The molecule has 3 rings (SSSR count). The van der Waals surface area contributed by atoms with Gasteiger partial charge in [-0.05, 0) is 17.7 Å². The van der Waals surface area contributed by atoms with E-state index in [9.17, 15) is 27.9 Å². The standard InChI is InChI=1S/C20H15F3N2O3S/c21-20(22,23)14-8-4-7-13(9-14)18-24-15(11-29-18)10-16(26)25-17(19(27)28)12-5-2-1-3-6-12/h1-9,11,17H,10H2,(H,25,26)(H,27,28)/t17-/m0/s1. The number of benzene rings is 2. The smallest absolute Gasteiger partial charge is 0.416 e. The summed E-state index contributed by atoms with van der Waals surface area (Å²) in [5, 5.41) is 13.7. The van der Waals surface area contributed by atoms with E-state index in [4.69, 9.17) is 0 Å². The van der Waals surface area contributed by atoms with E-state index in [0.29, 0.717) is 21.8 Å². The number of carboxylic acid groups (broad SMARTS) is 1. The van der Waals surface area contributed by atoms with Gasteiger partial charge in [-0.1, -0.05) is 42.5 Å². The quantitative estimate of drug-likeness (QED) is 0.623. The molecule has 0 aliphatic heterocycles. The maximum absolute atomic E-state index is 12.9. The zero-order valence-electron chi connectivity index (χ0n) is 14.8. The van der Waals surface area contributed by atoms with Gasteiger partial charge < -0.3 is 10.4 Å². The lowest BCUT2D eigenvalue weighted by molar-refractivity contribution is -0.142. The fraction of sp³-hybridized carbons (Fsp3) is 0.150. The fourth-order valence-electron chi connectivity index (χ4n) is 2.66. The Kier molecular flexibility index (Phi) is 5.97. The Morgan fingerprint density at radius 1 is 1.10 bits per heavy atom. The van der Waals surface area contributed by atoms with E-state index in [1.807, 2.05) is 0 Å². The summed E-state index contributed by atoms with van der Waals surface area (Å²) < 4.78 is 38.6. The third kappa shape index (κ3) is 5.20. The van der Waals surface area contributed by atoms with Crippen molar-refractivity contribution in [3.05, 3.63) is 76.8 Å². The molecule has 2 aromatic carbocycles. The summed E-state index contributed by atoms with van der Waals surface area (Å²) in [6.45, 7) is 0. The van der Waals surface area contributed by atoms with Gasteiger partial charge in [-0.3, -0.25) is 4.79 Å². The zero-order chi connectivity index (χ0) is 21.0. The van der Waals surface area contributed by atoms with E-state index in [1.54, 1.807) is 35.7 Å². The molecule has 1 heterocycles. The summed E-state index contributed by atoms with van der Waals surface area (Å²) in [5.74, 6) is -1.75. The van der Waals surface area contributed by atoms with Gasteiger partial charge in [0.2, 0.25) is 5.91 Å². The number of rotatable bonds is 6. The number of carbonyl (C=O) groups excluding carboxylic acids is 1. The first-order chi connectivity index (χ1) is 13.7. The molecular weight excluding hydrogens is 405 g/mol. The Balaban J connectivity index is 1.71. The zero-order valence-corrected chi connectivity index (χ0v) is 15.6. The van der Waals surface area contributed by atoms with Crippen molar-refractivity contribution >= 4 is 23.2 Å². The minimum atomic E-state index is -4.46. The van der Waals surface area contributed by atoms with Crippen LogP contribution in [0.5, 0.6) is 0 Å². The SMILES string of the molecule is O=C(Cc1csc(-c2cccc(C(F)(F)F)c2)n1)N[C@H](C(=O)O)c1ccccc1. The normalized spacial score (nSPS) is 12.4. The van der Waals surface area contributed by atoms with Gasteiger partial charge >= 0.3 is 12.1 Å². The molecule has 1 aromatic heterocycles. The highest BCUT2D eigenvalue weighted by Crippen LogP contribution is 2.33. The van der Waals surface area contributed by atoms with Gasteiger partial charge in [-0.15, -0.1) is 11.3 Å². The largest absolute Gasteiger partial charge is 0.479 e. The number of aromatic nitrogens is 1. The summed E-state index contributed by atoms with van der Waals surface area (Å²) in [4.78, 5) is 28.0. The van der Waals surface area contributed by atoms with Crippen molar-refractivity contribution in [2.75, 3.05) is 0 Å². The molecule has 0 saturated carbocycles. The van der Waals surface area contributed by atoms with Crippen LogP contribution in [0.4, 0.5) is 13.2 Å². The van der Waals surface area contributed by atoms with Crippen LogP contribution in [-0.4, -0.2) is 22.0 Å². The van der Waals surface area contributed by atoms with Gasteiger partial charge in [-0.25, -0.2) is 9.78 Å². The first kappa shape index (κ1) is 20.5. The molecular formula is C20H15F3N2O3S. The van der Waals surface area contributed by atoms with Crippen LogP contribution in [0.3, 0.4) is 0 Å². The molecule has 0 bridgehead atoms. The van der Waals surface area contributed by atoms with Crippen molar-refractivity contribution in [1.82, 2.24) is 10.3 Å². The van der Waals surface area contributed by atoms with Crippen LogP contribution in [-0.2, 0) is 22.2 Å². The first-order valence-electron chi connectivity index (χ1n) is 8.43. The minimum Gasteiger partial charge on any atom is -0.479 e. The molecule has 0 fully saturated rings. The molecule has 1 atom stereocenters. The summed E-state index contributed by atoms with van der Waals surface area (Å²) in [6, 6.07) is 11.8. The molecule has 0 aliphatic carbocycles. The van der Waals surface area contributed by atoms with E-state index < -0.39 is 29.7 Å². The van der Waals surface area contributed by atoms with Crippen LogP contribution in [0.2, 0.25) is 0 Å².